The number of nitrogens with two attached hydrogens (primary N) is 1. The number of nitrogens with zero attached hydrogens (tertiary/aromatic N) is 1. The average Bonchev–Trinajstić information content (AvgIpc) is 2.38. The van der Waals surface area contributed by atoms with Gasteiger partial charge in [-0.05, 0) is 43.4 Å². The summed E-state index contributed by atoms with van der Waals surface area (Å²) in [6.45, 7) is 14.4. The van der Waals surface area contributed by atoms with E-state index in [2.05, 4.69) is 51.7 Å². The van der Waals surface area contributed by atoms with Gasteiger partial charge in [-0.25, -0.2) is 0 Å². The molecule has 0 aliphatic heterocycles. The summed E-state index contributed by atoms with van der Waals surface area (Å²) in [4.78, 5) is 2.47. The summed E-state index contributed by atoms with van der Waals surface area (Å²) in [5.41, 5.74) is 11.5. The second kappa shape index (κ2) is 8.52. The van der Waals surface area contributed by atoms with Crippen LogP contribution in [-0.2, 0) is 4.74 Å². The molecule has 3 nitrogen and oxygen atoms in total. The summed E-state index contributed by atoms with van der Waals surface area (Å²) in [6.07, 6.45) is 0. The molecule has 1 atom stereocenters. The molecular weight excluding hydrogens is 260 g/mol. The van der Waals surface area contributed by atoms with Crippen LogP contribution >= 0.6 is 0 Å². The zero-order chi connectivity index (χ0) is 16.0. The molecule has 0 aliphatic carbocycles. The molecule has 0 radical (unpaired) electrons. The number of rotatable bonds is 8. The quantitative estimate of drug-likeness (QED) is 0.799. The number of methoxy groups -OCH3 is 1. The molecule has 0 heterocycles. The van der Waals surface area contributed by atoms with Crippen molar-refractivity contribution in [3.63, 3.8) is 0 Å². The fourth-order valence-electron chi connectivity index (χ4n) is 3.22. The number of benzene rings is 1. The van der Waals surface area contributed by atoms with Crippen molar-refractivity contribution < 1.29 is 4.74 Å². The van der Waals surface area contributed by atoms with Crippen molar-refractivity contribution in [3.8, 4) is 0 Å². The fourth-order valence-corrected chi connectivity index (χ4v) is 3.22. The fraction of sp³-hybridized carbons (Fsp3) is 0.667. The Bertz CT molecular complexity index is 420. The zero-order valence-corrected chi connectivity index (χ0v) is 14.6. The van der Waals surface area contributed by atoms with Crippen molar-refractivity contribution in [2.45, 2.75) is 40.7 Å². The van der Waals surface area contributed by atoms with Gasteiger partial charge in [0.1, 0.15) is 0 Å². The smallest absolute Gasteiger partial charge is 0.0589 e. The van der Waals surface area contributed by atoms with Crippen LogP contribution in [-0.4, -0.2) is 38.3 Å². The van der Waals surface area contributed by atoms with E-state index in [1.165, 1.54) is 22.3 Å². The second-order valence-electron chi connectivity index (χ2n) is 6.45. The lowest BCUT2D eigenvalue weighted by Gasteiger charge is -2.34. The predicted octanol–water partition coefficient (Wildman–Crippen LogP) is 3.22. The molecule has 0 amide bonds. The molecule has 0 saturated carbocycles. The number of hydrogen-bond donors (Lipinski definition) is 1. The molecule has 0 spiro atoms. The topological polar surface area (TPSA) is 38.5 Å². The largest absolute Gasteiger partial charge is 0.383 e. The van der Waals surface area contributed by atoms with Gasteiger partial charge in [0, 0.05) is 32.8 Å². The molecule has 0 saturated heterocycles. The van der Waals surface area contributed by atoms with Crippen LogP contribution in [0.1, 0.15) is 42.1 Å². The maximum atomic E-state index is 6.15. The van der Waals surface area contributed by atoms with Gasteiger partial charge in [-0.1, -0.05) is 31.5 Å². The molecular formula is C18H32N2O. The molecule has 0 bridgehead atoms. The predicted molar refractivity (Wildman–Crippen MR) is 90.7 cm³/mol. The van der Waals surface area contributed by atoms with E-state index in [-0.39, 0.29) is 6.04 Å². The van der Waals surface area contributed by atoms with Gasteiger partial charge in [0.2, 0.25) is 0 Å². The third-order valence-corrected chi connectivity index (χ3v) is 3.92. The Morgan fingerprint density at radius 2 is 1.71 bits per heavy atom. The normalized spacial score (nSPS) is 13.2. The van der Waals surface area contributed by atoms with Gasteiger partial charge in [0.05, 0.1) is 6.61 Å². The van der Waals surface area contributed by atoms with Crippen LogP contribution in [0.15, 0.2) is 12.1 Å². The van der Waals surface area contributed by atoms with E-state index in [9.17, 15) is 0 Å². The van der Waals surface area contributed by atoms with Crippen molar-refractivity contribution in [3.05, 3.63) is 34.4 Å². The highest BCUT2D eigenvalue weighted by Gasteiger charge is 2.23. The average molecular weight is 292 g/mol. The van der Waals surface area contributed by atoms with E-state index in [0.717, 1.165) is 19.7 Å². The highest BCUT2D eigenvalue weighted by atomic mass is 16.5. The summed E-state index contributed by atoms with van der Waals surface area (Å²) >= 11 is 0. The van der Waals surface area contributed by atoms with Crippen LogP contribution in [0, 0.1) is 26.7 Å². The molecule has 1 unspecified atom stereocenters. The molecule has 2 N–H and O–H groups in total. The first-order valence-electron chi connectivity index (χ1n) is 7.91. The second-order valence-corrected chi connectivity index (χ2v) is 6.45. The molecule has 3 heteroatoms. The molecule has 0 aromatic heterocycles. The molecule has 1 aromatic rings. The lowest BCUT2D eigenvalue weighted by atomic mass is 9.92. The van der Waals surface area contributed by atoms with Crippen LogP contribution in [0.3, 0.4) is 0 Å². The molecule has 120 valence electrons. The van der Waals surface area contributed by atoms with Crippen molar-refractivity contribution in [2.24, 2.45) is 11.7 Å². The van der Waals surface area contributed by atoms with Crippen molar-refractivity contribution in [1.29, 1.82) is 0 Å². The molecule has 0 aliphatic rings. The van der Waals surface area contributed by atoms with Crippen molar-refractivity contribution in [1.82, 2.24) is 4.90 Å². The summed E-state index contributed by atoms with van der Waals surface area (Å²) in [7, 11) is 1.76. The van der Waals surface area contributed by atoms with Crippen molar-refractivity contribution >= 4 is 0 Å². The highest BCUT2D eigenvalue weighted by Crippen LogP contribution is 2.28. The monoisotopic (exact) mass is 292 g/mol. The molecule has 0 fully saturated rings. The maximum absolute atomic E-state index is 6.15. The Labute approximate surface area is 130 Å². The van der Waals surface area contributed by atoms with Gasteiger partial charge >= 0.3 is 0 Å². The Morgan fingerprint density at radius 3 is 2.14 bits per heavy atom. The minimum Gasteiger partial charge on any atom is -0.383 e. The third-order valence-electron chi connectivity index (χ3n) is 3.92. The minimum absolute atomic E-state index is 0.267. The van der Waals surface area contributed by atoms with E-state index < -0.39 is 0 Å². The first-order valence-corrected chi connectivity index (χ1v) is 7.91. The van der Waals surface area contributed by atoms with Crippen LogP contribution in [0.2, 0.25) is 0 Å². The van der Waals surface area contributed by atoms with Crippen LogP contribution in [0.4, 0.5) is 0 Å². The SMILES string of the molecule is COCCN(CC(C)C)C(CN)c1c(C)cc(C)cc1C. The van der Waals surface area contributed by atoms with Gasteiger partial charge < -0.3 is 10.5 Å². The molecule has 1 aromatic carbocycles. The first-order chi connectivity index (χ1) is 9.90. The van der Waals surface area contributed by atoms with Gasteiger partial charge in [-0.3, -0.25) is 4.90 Å². The van der Waals surface area contributed by atoms with E-state index in [0.29, 0.717) is 12.5 Å². The third kappa shape index (κ3) is 5.10. The van der Waals surface area contributed by atoms with E-state index >= 15 is 0 Å². The van der Waals surface area contributed by atoms with Gasteiger partial charge in [-0.2, -0.15) is 0 Å². The minimum atomic E-state index is 0.267. The Balaban J connectivity index is 3.12. The number of hydrogen-bond acceptors (Lipinski definition) is 3. The van der Waals surface area contributed by atoms with E-state index in [4.69, 9.17) is 10.5 Å². The number of ether oxygens (including phenoxy) is 1. The zero-order valence-electron chi connectivity index (χ0n) is 14.6. The lowest BCUT2D eigenvalue weighted by molar-refractivity contribution is 0.111. The van der Waals surface area contributed by atoms with Gasteiger partial charge in [0.25, 0.3) is 0 Å². The Hall–Kier alpha value is -0.900. The summed E-state index contributed by atoms with van der Waals surface area (Å²) in [6, 6.07) is 4.78. The maximum Gasteiger partial charge on any atom is 0.0589 e. The van der Waals surface area contributed by atoms with Crippen LogP contribution in [0.25, 0.3) is 0 Å². The Morgan fingerprint density at radius 1 is 1.14 bits per heavy atom. The Kier molecular flexibility index (Phi) is 7.36. The van der Waals surface area contributed by atoms with Crippen molar-refractivity contribution in [2.75, 3.05) is 33.4 Å². The summed E-state index contributed by atoms with van der Waals surface area (Å²) < 4.78 is 5.28. The first kappa shape index (κ1) is 18.1. The highest BCUT2D eigenvalue weighted by molar-refractivity contribution is 5.40. The van der Waals surface area contributed by atoms with E-state index in [1.807, 2.05) is 0 Å². The lowest BCUT2D eigenvalue weighted by Crippen LogP contribution is -2.39. The molecule has 1 rings (SSSR count). The van der Waals surface area contributed by atoms with E-state index in [1.54, 1.807) is 7.11 Å². The van der Waals surface area contributed by atoms with Crippen LogP contribution in [0.5, 0.6) is 0 Å². The summed E-state index contributed by atoms with van der Waals surface area (Å²) in [5, 5.41) is 0. The van der Waals surface area contributed by atoms with Crippen LogP contribution < -0.4 is 5.73 Å². The summed E-state index contributed by atoms with van der Waals surface area (Å²) in [5.74, 6) is 0.613. The standard InChI is InChI=1S/C18H32N2O/c1-13(2)12-20(7-8-21-6)17(11-19)18-15(4)9-14(3)10-16(18)5/h9-10,13,17H,7-8,11-12,19H2,1-6H3. The van der Waals surface area contributed by atoms with Gasteiger partial charge in [0.15, 0.2) is 0 Å². The molecule has 21 heavy (non-hydrogen) atoms. The van der Waals surface area contributed by atoms with Gasteiger partial charge in [-0.15, -0.1) is 0 Å². The number of aryl methyl sites for hydroxylation is 3.